The largest absolute Gasteiger partial charge is 0.379 e. The van der Waals surface area contributed by atoms with Crippen molar-refractivity contribution in [1.29, 1.82) is 0 Å². The highest BCUT2D eigenvalue weighted by molar-refractivity contribution is 5.97. The van der Waals surface area contributed by atoms with E-state index in [1.807, 2.05) is 26.0 Å². The van der Waals surface area contributed by atoms with Crippen LogP contribution in [0.3, 0.4) is 0 Å². The minimum Gasteiger partial charge on any atom is -0.379 e. The molecule has 2 unspecified atom stereocenters. The van der Waals surface area contributed by atoms with Gasteiger partial charge in [0.05, 0.1) is 19.3 Å². The summed E-state index contributed by atoms with van der Waals surface area (Å²) in [6.07, 6.45) is 3.00. The van der Waals surface area contributed by atoms with Crippen LogP contribution < -0.4 is 11.1 Å². The van der Waals surface area contributed by atoms with Gasteiger partial charge in [-0.25, -0.2) is 0 Å². The van der Waals surface area contributed by atoms with Crippen LogP contribution >= 0.6 is 0 Å². The van der Waals surface area contributed by atoms with Gasteiger partial charge in [-0.1, -0.05) is 20.3 Å². The van der Waals surface area contributed by atoms with E-state index >= 15 is 0 Å². The highest BCUT2D eigenvalue weighted by Crippen LogP contribution is 2.21. The molecule has 0 radical (unpaired) electrons. The number of carbonyl (C=O) groups is 1. The highest BCUT2D eigenvalue weighted by atomic mass is 16.5. The summed E-state index contributed by atoms with van der Waals surface area (Å²) in [5, 5.41) is 4.07. The number of amides is 1. The molecule has 1 saturated heterocycles. The summed E-state index contributed by atoms with van der Waals surface area (Å²) >= 11 is 0. The molecule has 0 saturated carbocycles. The first kappa shape index (κ1) is 18.9. The van der Waals surface area contributed by atoms with Gasteiger partial charge in [0.15, 0.2) is 0 Å². The quantitative estimate of drug-likeness (QED) is 0.796. The van der Waals surface area contributed by atoms with Crippen LogP contribution in [-0.2, 0) is 16.1 Å². The fourth-order valence-corrected chi connectivity index (χ4v) is 3.28. The number of nitrogens with two attached hydrogens (primary N) is 1. The van der Waals surface area contributed by atoms with Gasteiger partial charge < -0.3 is 20.4 Å². The van der Waals surface area contributed by atoms with Crippen LogP contribution in [0.25, 0.3) is 10.9 Å². The second-order valence-electron chi connectivity index (χ2n) is 7.14. The average molecular weight is 358 g/mol. The van der Waals surface area contributed by atoms with Crippen molar-refractivity contribution in [3.63, 3.8) is 0 Å². The minimum atomic E-state index is -0.478. The zero-order valence-electron chi connectivity index (χ0n) is 15.8. The van der Waals surface area contributed by atoms with Crippen molar-refractivity contribution in [3.05, 3.63) is 30.5 Å². The van der Waals surface area contributed by atoms with Gasteiger partial charge in [-0.15, -0.1) is 0 Å². The molecule has 1 amide bonds. The van der Waals surface area contributed by atoms with Crippen LogP contribution in [-0.4, -0.2) is 54.3 Å². The summed E-state index contributed by atoms with van der Waals surface area (Å²) in [5.41, 5.74) is 8.00. The molecule has 6 nitrogen and oxygen atoms in total. The minimum absolute atomic E-state index is 0.120. The van der Waals surface area contributed by atoms with Crippen molar-refractivity contribution in [2.24, 2.45) is 11.7 Å². The standard InChI is InChI=1S/C20H30N4O2/c1-3-15(2)19(21)20(25)22-17-4-5-18-16(14-17)6-7-24(18)9-8-23-10-12-26-13-11-23/h4-7,14-15,19H,3,8-13,21H2,1-2H3,(H,22,25). The molecule has 2 aromatic rings. The van der Waals surface area contributed by atoms with E-state index in [0.717, 1.165) is 56.9 Å². The number of fused-ring (bicyclic) bond motifs is 1. The number of morpholine rings is 1. The molecule has 1 aromatic carbocycles. The summed E-state index contributed by atoms with van der Waals surface area (Å²) in [6.45, 7) is 9.69. The molecule has 3 rings (SSSR count). The van der Waals surface area contributed by atoms with E-state index < -0.39 is 6.04 Å². The number of benzene rings is 1. The number of nitrogens with zero attached hydrogens (tertiary/aromatic N) is 2. The van der Waals surface area contributed by atoms with Crippen molar-refractivity contribution in [2.45, 2.75) is 32.9 Å². The Morgan fingerprint density at radius 2 is 2.04 bits per heavy atom. The lowest BCUT2D eigenvalue weighted by Crippen LogP contribution is -2.40. The summed E-state index contributed by atoms with van der Waals surface area (Å²) in [5.74, 6) is 0.0467. The van der Waals surface area contributed by atoms with Crippen molar-refractivity contribution in [3.8, 4) is 0 Å². The third-order valence-electron chi connectivity index (χ3n) is 5.36. The second-order valence-corrected chi connectivity index (χ2v) is 7.14. The van der Waals surface area contributed by atoms with Crippen LogP contribution in [0.15, 0.2) is 30.5 Å². The lowest BCUT2D eigenvalue weighted by atomic mass is 9.99. The van der Waals surface area contributed by atoms with Gasteiger partial charge in [-0.2, -0.15) is 0 Å². The van der Waals surface area contributed by atoms with E-state index in [1.165, 1.54) is 5.52 Å². The molecule has 26 heavy (non-hydrogen) atoms. The third kappa shape index (κ3) is 4.44. The number of nitrogens with one attached hydrogen (secondary N) is 1. The number of aromatic nitrogens is 1. The SMILES string of the molecule is CCC(C)C(N)C(=O)Nc1ccc2c(ccn2CCN2CCOCC2)c1. The Morgan fingerprint density at radius 1 is 1.27 bits per heavy atom. The fraction of sp³-hybridized carbons (Fsp3) is 0.550. The summed E-state index contributed by atoms with van der Waals surface area (Å²) in [7, 11) is 0. The van der Waals surface area contributed by atoms with Crippen molar-refractivity contribution in [1.82, 2.24) is 9.47 Å². The first-order valence-corrected chi connectivity index (χ1v) is 9.54. The maximum absolute atomic E-state index is 12.3. The molecular weight excluding hydrogens is 328 g/mol. The molecular formula is C20H30N4O2. The maximum atomic E-state index is 12.3. The van der Waals surface area contributed by atoms with Crippen LogP contribution in [0.1, 0.15) is 20.3 Å². The molecule has 6 heteroatoms. The predicted molar refractivity (Wildman–Crippen MR) is 105 cm³/mol. The number of hydrogen-bond acceptors (Lipinski definition) is 4. The van der Waals surface area contributed by atoms with Gasteiger partial charge in [0.2, 0.25) is 5.91 Å². The van der Waals surface area contributed by atoms with E-state index in [4.69, 9.17) is 10.5 Å². The molecule has 3 N–H and O–H groups in total. The lowest BCUT2D eigenvalue weighted by molar-refractivity contribution is -0.118. The summed E-state index contributed by atoms with van der Waals surface area (Å²) in [6, 6.07) is 7.66. The van der Waals surface area contributed by atoms with E-state index in [1.54, 1.807) is 0 Å². The van der Waals surface area contributed by atoms with Crippen LogP contribution in [0.2, 0.25) is 0 Å². The predicted octanol–water partition coefficient (Wildman–Crippen LogP) is 2.29. The molecule has 0 aliphatic carbocycles. The van der Waals surface area contributed by atoms with Gasteiger partial charge in [-0.05, 0) is 30.2 Å². The first-order valence-electron chi connectivity index (χ1n) is 9.54. The zero-order chi connectivity index (χ0) is 18.5. The summed E-state index contributed by atoms with van der Waals surface area (Å²) < 4.78 is 7.66. The molecule has 2 heterocycles. The Balaban J connectivity index is 1.63. The highest BCUT2D eigenvalue weighted by Gasteiger charge is 2.19. The number of ether oxygens (including phenoxy) is 1. The molecule has 1 aliphatic rings. The lowest BCUT2D eigenvalue weighted by Gasteiger charge is -2.26. The smallest absolute Gasteiger partial charge is 0.241 e. The Bertz CT molecular complexity index is 736. The molecule has 0 spiro atoms. The normalized spacial score (nSPS) is 18.0. The zero-order valence-corrected chi connectivity index (χ0v) is 15.8. The van der Waals surface area contributed by atoms with Gasteiger partial charge in [0.25, 0.3) is 0 Å². The van der Waals surface area contributed by atoms with Crippen molar-refractivity contribution >= 4 is 22.5 Å². The molecule has 0 bridgehead atoms. The fourth-order valence-electron chi connectivity index (χ4n) is 3.28. The van der Waals surface area contributed by atoms with Crippen LogP contribution in [0.4, 0.5) is 5.69 Å². The molecule has 1 fully saturated rings. The second kappa shape index (κ2) is 8.66. The number of anilines is 1. The van der Waals surface area contributed by atoms with E-state index in [9.17, 15) is 4.79 Å². The number of rotatable bonds is 7. The van der Waals surface area contributed by atoms with E-state index in [0.29, 0.717) is 0 Å². The van der Waals surface area contributed by atoms with E-state index in [-0.39, 0.29) is 11.8 Å². The molecule has 1 aliphatic heterocycles. The first-order chi connectivity index (χ1) is 12.6. The van der Waals surface area contributed by atoms with Crippen molar-refractivity contribution in [2.75, 3.05) is 38.2 Å². The monoisotopic (exact) mass is 358 g/mol. The third-order valence-corrected chi connectivity index (χ3v) is 5.36. The van der Waals surface area contributed by atoms with Gasteiger partial charge in [-0.3, -0.25) is 9.69 Å². The van der Waals surface area contributed by atoms with Crippen LogP contribution in [0, 0.1) is 5.92 Å². The van der Waals surface area contributed by atoms with Crippen LogP contribution in [0.5, 0.6) is 0 Å². The van der Waals surface area contributed by atoms with Gasteiger partial charge in [0, 0.05) is 49.0 Å². The maximum Gasteiger partial charge on any atom is 0.241 e. The Kier molecular flexibility index (Phi) is 6.29. The van der Waals surface area contributed by atoms with Gasteiger partial charge >= 0.3 is 0 Å². The number of hydrogen-bond donors (Lipinski definition) is 2. The average Bonchev–Trinajstić information content (AvgIpc) is 3.08. The molecule has 142 valence electrons. The molecule has 2 atom stereocenters. The summed E-state index contributed by atoms with van der Waals surface area (Å²) in [4.78, 5) is 14.7. The topological polar surface area (TPSA) is 72.5 Å². The van der Waals surface area contributed by atoms with Gasteiger partial charge in [0.1, 0.15) is 0 Å². The Labute approximate surface area is 155 Å². The van der Waals surface area contributed by atoms with E-state index in [2.05, 4.69) is 33.1 Å². The Hall–Kier alpha value is -1.89. The Morgan fingerprint density at radius 3 is 2.77 bits per heavy atom. The molecule has 1 aromatic heterocycles. The van der Waals surface area contributed by atoms with Crippen molar-refractivity contribution < 1.29 is 9.53 Å². The number of carbonyl (C=O) groups excluding carboxylic acids is 1.